The third-order valence-corrected chi connectivity index (χ3v) is 2.86. The number of aryl methyl sites for hydroxylation is 2. The molecule has 0 saturated carbocycles. The third-order valence-electron chi connectivity index (χ3n) is 2.86. The highest BCUT2D eigenvalue weighted by Crippen LogP contribution is 2.24. The molecule has 96 valence electrons. The average Bonchev–Trinajstić information content (AvgIpc) is 2.85. The van der Waals surface area contributed by atoms with Gasteiger partial charge in [-0.05, 0) is 19.4 Å². The number of rotatable bonds is 5. The Kier molecular flexibility index (Phi) is 3.99. The van der Waals surface area contributed by atoms with Crippen molar-refractivity contribution in [2.75, 3.05) is 0 Å². The van der Waals surface area contributed by atoms with E-state index in [0.29, 0.717) is 6.61 Å². The van der Waals surface area contributed by atoms with Crippen LogP contribution in [0.4, 0.5) is 0 Å². The summed E-state index contributed by atoms with van der Waals surface area (Å²) in [6.07, 6.45) is 3.78. The fourth-order valence-corrected chi connectivity index (χ4v) is 1.85. The van der Waals surface area contributed by atoms with Gasteiger partial charge in [0.15, 0.2) is 0 Å². The van der Waals surface area contributed by atoms with Crippen LogP contribution in [0.3, 0.4) is 0 Å². The number of benzene rings is 1. The van der Waals surface area contributed by atoms with E-state index in [1.54, 1.807) is 6.20 Å². The number of nitrogens with zero attached hydrogens (tertiary/aromatic N) is 2. The Bertz CT molecular complexity index is 520. The molecule has 1 N–H and O–H groups in total. The number of para-hydroxylation sites is 1. The van der Waals surface area contributed by atoms with E-state index >= 15 is 0 Å². The van der Waals surface area contributed by atoms with Gasteiger partial charge in [-0.15, -0.1) is 0 Å². The molecule has 0 aliphatic rings. The Morgan fingerprint density at radius 3 is 2.89 bits per heavy atom. The molecule has 2 rings (SSSR count). The normalized spacial score (nSPS) is 10.6. The van der Waals surface area contributed by atoms with E-state index < -0.39 is 0 Å². The number of hydrogen-bond donors (Lipinski definition) is 1. The lowest BCUT2D eigenvalue weighted by atomic mass is 10.1. The Morgan fingerprint density at radius 2 is 2.22 bits per heavy atom. The molecule has 0 spiro atoms. The molecule has 0 aliphatic heterocycles. The highest BCUT2D eigenvalue weighted by Gasteiger charge is 2.07. The van der Waals surface area contributed by atoms with E-state index in [-0.39, 0.29) is 6.61 Å². The van der Waals surface area contributed by atoms with Crippen molar-refractivity contribution in [3.05, 3.63) is 47.3 Å². The zero-order valence-corrected chi connectivity index (χ0v) is 10.8. The van der Waals surface area contributed by atoms with Gasteiger partial charge in [-0.2, -0.15) is 5.10 Å². The Morgan fingerprint density at radius 1 is 1.39 bits per heavy atom. The van der Waals surface area contributed by atoms with Crippen molar-refractivity contribution in [1.82, 2.24) is 9.78 Å². The van der Waals surface area contributed by atoms with Crippen molar-refractivity contribution < 1.29 is 9.84 Å². The lowest BCUT2D eigenvalue weighted by Gasteiger charge is -2.11. The monoisotopic (exact) mass is 246 g/mol. The fraction of sp³-hybridized carbons (Fsp3) is 0.357. The first kappa shape index (κ1) is 12.6. The van der Waals surface area contributed by atoms with Crippen molar-refractivity contribution in [3.63, 3.8) is 0 Å². The van der Waals surface area contributed by atoms with Gasteiger partial charge in [0.25, 0.3) is 0 Å². The van der Waals surface area contributed by atoms with E-state index in [0.717, 1.165) is 29.0 Å². The van der Waals surface area contributed by atoms with Crippen LogP contribution in [0.25, 0.3) is 0 Å². The minimum atomic E-state index is -0.00870. The van der Waals surface area contributed by atoms with Crippen LogP contribution in [-0.4, -0.2) is 14.9 Å². The summed E-state index contributed by atoms with van der Waals surface area (Å²) in [6.45, 7) is 5.34. The zero-order valence-electron chi connectivity index (χ0n) is 10.8. The molecule has 0 aliphatic carbocycles. The van der Waals surface area contributed by atoms with Crippen LogP contribution in [0, 0.1) is 6.92 Å². The van der Waals surface area contributed by atoms with E-state index in [2.05, 4.69) is 5.10 Å². The van der Waals surface area contributed by atoms with Crippen LogP contribution in [0.2, 0.25) is 0 Å². The second kappa shape index (κ2) is 5.69. The molecule has 18 heavy (non-hydrogen) atoms. The minimum absolute atomic E-state index is 0.00870. The molecule has 0 bridgehead atoms. The van der Waals surface area contributed by atoms with Gasteiger partial charge in [-0.1, -0.05) is 18.2 Å². The van der Waals surface area contributed by atoms with Gasteiger partial charge in [-0.25, -0.2) is 0 Å². The van der Waals surface area contributed by atoms with Crippen molar-refractivity contribution >= 4 is 0 Å². The van der Waals surface area contributed by atoms with Crippen molar-refractivity contribution in [2.24, 2.45) is 0 Å². The second-order valence-corrected chi connectivity index (χ2v) is 4.21. The number of aliphatic hydroxyl groups is 1. The van der Waals surface area contributed by atoms with E-state index in [1.165, 1.54) is 0 Å². The van der Waals surface area contributed by atoms with Crippen LogP contribution >= 0.6 is 0 Å². The largest absolute Gasteiger partial charge is 0.488 e. The molecule has 1 aromatic carbocycles. The fourth-order valence-electron chi connectivity index (χ4n) is 1.85. The minimum Gasteiger partial charge on any atom is -0.488 e. The number of hydrogen-bond acceptors (Lipinski definition) is 3. The molecule has 0 fully saturated rings. The number of ether oxygens (including phenoxy) is 1. The second-order valence-electron chi connectivity index (χ2n) is 4.21. The predicted octanol–water partition coefficient (Wildman–Crippen LogP) is 2.28. The molecule has 4 heteroatoms. The number of aromatic nitrogens is 2. The Balaban J connectivity index is 2.10. The summed E-state index contributed by atoms with van der Waals surface area (Å²) >= 11 is 0. The average molecular weight is 246 g/mol. The maximum atomic E-state index is 9.29. The molecule has 0 atom stereocenters. The quantitative estimate of drug-likeness (QED) is 0.880. The number of aliphatic hydroxyl groups excluding tert-OH is 1. The molecular formula is C14H18N2O2. The summed E-state index contributed by atoms with van der Waals surface area (Å²) in [5.74, 6) is 0.768. The van der Waals surface area contributed by atoms with E-state index in [1.807, 2.05) is 42.9 Å². The molecule has 4 nitrogen and oxygen atoms in total. The van der Waals surface area contributed by atoms with Crippen molar-refractivity contribution in [1.29, 1.82) is 0 Å². The standard InChI is InChI=1S/C14H18N2O2/c1-3-16-8-12(7-15-16)10-18-14-11(2)5-4-6-13(14)9-17/h4-8,17H,3,9-10H2,1-2H3. The Hall–Kier alpha value is -1.81. The van der Waals surface area contributed by atoms with Crippen LogP contribution in [0.1, 0.15) is 23.6 Å². The first-order chi connectivity index (χ1) is 8.74. The molecule has 0 unspecified atom stereocenters. The molecule has 1 aromatic heterocycles. The topological polar surface area (TPSA) is 47.3 Å². The van der Waals surface area contributed by atoms with E-state index in [4.69, 9.17) is 4.74 Å². The van der Waals surface area contributed by atoms with Gasteiger partial charge in [0, 0.05) is 23.9 Å². The van der Waals surface area contributed by atoms with Crippen LogP contribution in [0.15, 0.2) is 30.6 Å². The predicted molar refractivity (Wildman–Crippen MR) is 69.3 cm³/mol. The molecule has 2 aromatic rings. The summed E-state index contributed by atoms with van der Waals surface area (Å²) in [5.41, 5.74) is 2.88. The van der Waals surface area contributed by atoms with Gasteiger partial charge >= 0.3 is 0 Å². The first-order valence-corrected chi connectivity index (χ1v) is 6.08. The van der Waals surface area contributed by atoms with Gasteiger partial charge in [0.2, 0.25) is 0 Å². The summed E-state index contributed by atoms with van der Waals surface area (Å²) < 4.78 is 7.65. The molecule has 0 radical (unpaired) electrons. The summed E-state index contributed by atoms with van der Waals surface area (Å²) in [6, 6.07) is 5.77. The molecule has 1 heterocycles. The molecule has 0 amide bonds. The van der Waals surface area contributed by atoms with Gasteiger partial charge in [0.1, 0.15) is 12.4 Å². The van der Waals surface area contributed by atoms with Crippen LogP contribution < -0.4 is 4.74 Å². The lowest BCUT2D eigenvalue weighted by molar-refractivity contribution is 0.258. The SMILES string of the molecule is CCn1cc(COc2c(C)cccc2CO)cn1. The van der Waals surface area contributed by atoms with Crippen molar-refractivity contribution in [3.8, 4) is 5.75 Å². The zero-order chi connectivity index (χ0) is 13.0. The summed E-state index contributed by atoms with van der Waals surface area (Å²) in [7, 11) is 0. The Labute approximate surface area is 107 Å². The highest BCUT2D eigenvalue weighted by atomic mass is 16.5. The maximum absolute atomic E-state index is 9.29. The highest BCUT2D eigenvalue weighted by molar-refractivity contribution is 5.40. The van der Waals surface area contributed by atoms with Gasteiger partial charge < -0.3 is 9.84 Å². The van der Waals surface area contributed by atoms with Crippen molar-refractivity contribution in [2.45, 2.75) is 33.6 Å². The smallest absolute Gasteiger partial charge is 0.128 e. The van der Waals surface area contributed by atoms with Gasteiger partial charge in [0.05, 0.1) is 12.8 Å². The third kappa shape index (κ3) is 2.71. The maximum Gasteiger partial charge on any atom is 0.128 e. The van der Waals surface area contributed by atoms with Gasteiger partial charge in [-0.3, -0.25) is 4.68 Å². The van der Waals surface area contributed by atoms with Crippen LogP contribution in [-0.2, 0) is 19.8 Å². The molecule has 0 saturated heterocycles. The molecular weight excluding hydrogens is 228 g/mol. The summed E-state index contributed by atoms with van der Waals surface area (Å²) in [4.78, 5) is 0. The van der Waals surface area contributed by atoms with Crippen LogP contribution in [0.5, 0.6) is 5.75 Å². The lowest BCUT2D eigenvalue weighted by Crippen LogP contribution is -2.00. The van der Waals surface area contributed by atoms with E-state index in [9.17, 15) is 5.11 Å². The first-order valence-electron chi connectivity index (χ1n) is 6.08. The summed E-state index contributed by atoms with van der Waals surface area (Å²) in [5, 5.41) is 13.5.